The number of rotatable bonds is 8. The van der Waals surface area contributed by atoms with Crippen molar-refractivity contribution in [2.24, 2.45) is 0 Å². The SMILES string of the molecule is O=C1C=C(NCCCCCCN2C(=O)c3cccc4cccc(c34)C2=O)C(=O)c2cc3ccccc3cc21. The van der Waals surface area contributed by atoms with Crippen LogP contribution in [0.15, 0.2) is 84.6 Å². The third kappa shape index (κ3) is 4.08. The summed E-state index contributed by atoms with van der Waals surface area (Å²) in [5.41, 5.74) is 2.37. The molecule has 0 saturated carbocycles. The van der Waals surface area contributed by atoms with E-state index in [2.05, 4.69) is 5.32 Å². The first kappa shape index (κ1) is 23.8. The van der Waals surface area contributed by atoms with Gasteiger partial charge < -0.3 is 5.32 Å². The molecule has 188 valence electrons. The number of carbonyl (C=O) groups is 4. The highest BCUT2D eigenvalue weighted by Crippen LogP contribution is 2.30. The Morgan fingerprint density at radius 1 is 0.605 bits per heavy atom. The van der Waals surface area contributed by atoms with Crippen LogP contribution in [0.4, 0.5) is 0 Å². The van der Waals surface area contributed by atoms with Crippen molar-refractivity contribution >= 4 is 44.9 Å². The van der Waals surface area contributed by atoms with Crippen LogP contribution in [0.5, 0.6) is 0 Å². The summed E-state index contributed by atoms with van der Waals surface area (Å²) in [7, 11) is 0. The summed E-state index contributed by atoms with van der Waals surface area (Å²) in [6, 6.07) is 22.4. The van der Waals surface area contributed by atoms with Gasteiger partial charge in [0.25, 0.3) is 11.8 Å². The van der Waals surface area contributed by atoms with Gasteiger partial charge in [-0.3, -0.25) is 24.1 Å². The molecule has 1 aliphatic carbocycles. The summed E-state index contributed by atoms with van der Waals surface area (Å²) in [5.74, 6) is -0.799. The lowest BCUT2D eigenvalue weighted by atomic mass is 9.90. The Morgan fingerprint density at radius 2 is 1.21 bits per heavy atom. The molecule has 0 fully saturated rings. The van der Waals surface area contributed by atoms with Crippen molar-refractivity contribution in [2.45, 2.75) is 25.7 Å². The topological polar surface area (TPSA) is 83.6 Å². The van der Waals surface area contributed by atoms with E-state index in [0.717, 1.165) is 40.8 Å². The molecule has 1 aliphatic heterocycles. The third-order valence-corrected chi connectivity index (χ3v) is 7.40. The zero-order valence-corrected chi connectivity index (χ0v) is 20.8. The number of imide groups is 1. The molecule has 0 saturated heterocycles. The van der Waals surface area contributed by atoms with E-state index < -0.39 is 0 Å². The fourth-order valence-electron chi connectivity index (χ4n) is 5.44. The number of nitrogens with one attached hydrogen (secondary N) is 1. The fourth-order valence-corrected chi connectivity index (χ4v) is 5.44. The van der Waals surface area contributed by atoms with Gasteiger partial charge >= 0.3 is 0 Å². The van der Waals surface area contributed by atoms with Gasteiger partial charge in [0, 0.05) is 46.8 Å². The second kappa shape index (κ2) is 9.71. The number of hydrogen-bond acceptors (Lipinski definition) is 5. The molecule has 2 aliphatic rings. The molecule has 0 unspecified atom stereocenters. The Hall–Kier alpha value is -4.58. The number of Topliss-reactive ketones (excluding diaryl/α,β-unsaturated/α-hetero) is 1. The maximum atomic E-state index is 13.0. The quantitative estimate of drug-likeness (QED) is 0.247. The molecule has 0 aromatic heterocycles. The number of ketones is 2. The molecule has 6 heteroatoms. The zero-order valence-electron chi connectivity index (χ0n) is 20.8. The number of benzene rings is 4. The molecule has 0 bridgehead atoms. The molecule has 6 rings (SSSR count). The summed E-state index contributed by atoms with van der Waals surface area (Å²) in [4.78, 5) is 53.0. The summed E-state index contributed by atoms with van der Waals surface area (Å²) in [5, 5.41) is 6.65. The predicted octanol–water partition coefficient (Wildman–Crippen LogP) is 5.70. The molecule has 4 aromatic rings. The van der Waals surface area contributed by atoms with Crippen molar-refractivity contribution in [3.05, 3.63) is 107 Å². The van der Waals surface area contributed by atoms with E-state index >= 15 is 0 Å². The number of unbranched alkanes of at least 4 members (excludes halogenated alkanes) is 3. The highest BCUT2D eigenvalue weighted by molar-refractivity contribution is 6.26. The van der Waals surface area contributed by atoms with Gasteiger partial charge in [-0.25, -0.2) is 0 Å². The maximum Gasteiger partial charge on any atom is 0.261 e. The van der Waals surface area contributed by atoms with Crippen molar-refractivity contribution in [1.29, 1.82) is 0 Å². The molecule has 1 N–H and O–H groups in total. The van der Waals surface area contributed by atoms with Crippen LogP contribution in [-0.2, 0) is 0 Å². The summed E-state index contributed by atoms with van der Waals surface area (Å²) in [6.45, 7) is 0.934. The first-order chi connectivity index (χ1) is 18.5. The molecule has 1 heterocycles. The fraction of sp³-hybridized carbons (Fsp3) is 0.188. The minimum Gasteiger partial charge on any atom is -0.382 e. The molecular formula is C32H26N2O4. The van der Waals surface area contributed by atoms with E-state index in [9.17, 15) is 19.2 Å². The van der Waals surface area contributed by atoms with Crippen molar-refractivity contribution in [1.82, 2.24) is 10.2 Å². The van der Waals surface area contributed by atoms with Crippen molar-refractivity contribution in [2.75, 3.05) is 13.1 Å². The second-order valence-electron chi connectivity index (χ2n) is 9.81. The van der Waals surface area contributed by atoms with Crippen LogP contribution in [0.1, 0.15) is 67.1 Å². The largest absolute Gasteiger partial charge is 0.382 e. The molecule has 0 radical (unpaired) electrons. The minimum absolute atomic E-state index is 0.164. The van der Waals surface area contributed by atoms with Crippen LogP contribution >= 0.6 is 0 Å². The summed E-state index contributed by atoms with van der Waals surface area (Å²) < 4.78 is 0. The van der Waals surface area contributed by atoms with Gasteiger partial charge in [-0.15, -0.1) is 0 Å². The van der Waals surface area contributed by atoms with Crippen LogP contribution in [0.2, 0.25) is 0 Å². The monoisotopic (exact) mass is 502 g/mol. The molecular weight excluding hydrogens is 476 g/mol. The Bertz CT molecular complexity index is 1630. The number of amides is 2. The molecule has 0 atom stereocenters. The van der Waals surface area contributed by atoms with Crippen LogP contribution in [0.3, 0.4) is 0 Å². The Morgan fingerprint density at radius 3 is 1.89 bits per heavy atom. The van der Waals surface area contributed by atoms with E-state index in [1.54, 1.807) is 24.3 Å². The van der Waals surface area contributed by atoms with E-state index in [4.69, 9.17) is 0 Å². The Balaban J connectivity index is 1.01. The van der Waals surface area contributed by atoms with Crippen LogP contribution in [0, 0.1) is 0 Å². The number of allylic oxidation sites excluding steroid dienone is 2. The van der Waals surface area contributed by atoms with Crippen molar-refractivity contribution < 1.29 is 19.2 Å². The molecule has 0 spiro atoms. The van der Waals surface area contributed by atoms with Gasteiger partial charge in [-0.1, -0.05) is 61.4 Å². The number of hydrogen-bond donors (Lipinski definition) is 1. The van der Waals surface area contributed by atoms with Crippen molar-refractivity contribution in [3.8, 4) is 0 Å². The Kier molecular flexibility index (Phi) is 6.08. The molecule has 6 nitrogen and oxygen atoms in total. The van der Waals surface area contributed by atoms with Gasteiger partial charge in [-0.05, 0) is 53.3 Å². The van der Waals surface area contributed by atoms with E-state index in [-0.39, 0.29) is 23.4 Å². The van der Waals surface area contributed by atoms with Gasteiger partial charge in [0.2, 0.25) is 5.78 Å². The van der Waals surface area contributed by atoms with Gasteiger partial charge in [-0.2, -0.15) is 0 Å². The molecule has 2 amide bonds. The lowest BCUT2D eigenvalue weighted by molar-refractivity contribution is 0.0607. The molecule has 38 heavy (non-hydrogen) atoms. The van der Waals surface area contributed by atoms with Crippen LogP contribution in [-0.4, -0.2) is 41.4 Å². The maximum absolute atomic E-state index is 13.0. The first-order valence-corrected chi connectivity index (χ1v) is 13.0. The molecule has 4 aromatic carbocycles. The van der Waals surface area contributed by atoms with E-state index in [1.165, 1.54) is 11.0 Å². The van der Waals surface area contributed by atoms with Crippen molar-refractivity contribution in [3.63, 3.8) is 0 Å². The highest BCUT2D eigenvalue weighted by atomic mass is 16.2. The van der Waals surface area contributed by atoms with Crippen LogP contribution < -0.4 is 5.32 Å². The standard InChI is InChI=1S/C32H26N2O4/c35-28-19-27(30(36)26-18-22-10-4-3-9-21(22)17-25(26)28)33-15-5-1-2-6-16-34-31(37)23-13-7-11-20-12-8-14-24(29(20)23)32(34)38/h3-4,7-14,17-19,33H,1-2,5-6,15-16H2. The summed E-state index contributed by atoms with van der Waals surface area (Å²) in [6.07, 6.45) is 4.60. The van der Waals surface area contributed by atoms with Gasteiger partial charge in [0.15, 0.2) is 5.78 Å². The number of carbonyl (C=O) groups excluding carboxylic acids is 4. The lowest BCUT2D eigenvalue weighted by Gasteiger charge is -2.27. The van der Waals surface area contributed by atoms with E-state index in [0.29, 0.717) is 47.5 Å². The summed E-state index contributed by atoms with van der Waals surface area (Å²) >= 11 is 0. The minimum atomic E-state index is -0.235. The average Bonchev–Trinajstić information content (AvgIpc) is 2.94. The van der Waals surface area contributed by atoms with Gasteiger partial charge in [0.1, 0.15) is 0 Å². The highest BCUT2D eigenvalue weighted by Gasteiger charge is 2.32. The van der Waals surface area contributed by atoms with Gasteiger partial charge in [0.05, 0.1) is 5.70 Å². The second-order valence-corrected chi connectivity index (χ2v) is 9.81. The average molecular weight is 503 g/mol. The zero-order chi connectivity index (χ0) is 26.2. The first-order valence-electron chi connectivity index (χ1n) is 13.0. The normalized spacial score (nSPS) is 14.7. The number of fused-ring (bicyclic) bond motifs is 2. The van der Waals surface area contributed by atoms with E-state index in [1.807, 2.05) is 48.5 Å². The van der Waals surface area contributed by atoms with Crippen LogP contribution in [0.25, 0.3) is 21.5 Å². The lowest BCUT2D eigenvalue weighted by Crippen LogP contribution is -2.40. The smallest absolute Gasteiger partial charge is 0.261 e. The number of nitrogens with zero attached hydrogens (tertiary/aromatic N) is 1. The predicted molar refractivity (Wildman–Crippen MR) is 146 cm³/mol. The Labute approximate surface area is 219 Å². The third-order valence-electron chi connectivity index (χ3n) is 7.40.